The third-order valence-electron chi connectivity index (χ3n) is 3.49. The molecular formula is C18H32IN3O. The van der Waals surface area contributed by atoms with E-state index < -0.39 is 0 Å². The molecule has 0 aliphatic rings. The largest absolute Gasteiger partial charge is 0.380 e. The summed E-state index contributed by atoms with van der Waals surface area (Å²) in [5.41, 5.74) is 2.42. The molecule has 1 rings (SSSR count). The minimum Gasteiger partial charge on any atom is -0.380 e. The maximum absolute atomic E-state index is 5.25. The second-order valence-electron chi connectivity index (χ2n) is 5.38. The van der Waals surface area contributed by atoms with Crippen LogP contribution in [0.25, 0.3) is 0 Å². The van der Waals surface area contributed by atoms with E-state index in [0.717, 1.165) is 19.0 Å². The van der Waals surface area contributed by atoms with E-state index in [1.807, 2.05) is 6.07 Å². The molecule has 1 aromatic rings. The van der Waals surface area contributed by atoms with Crippen LogP contribution in [-0.4, -0.2) is 26.2 Å². The number of hydrogen-bond donors (Lipinski definition) is 2. The van der Waals surface area contributed by atoms with E-state index in [9.17, 15) is 0 Å². The summed E-state index contributed by atoms with van der Waals surface area (Å²) in [5, 5.41) is 6.71. The number of ether oxygens (including phenoxy) is 1. The monoisotopic (exact) mass is 433 g/mol. The first kappa shape index (κ1) is 22.2. The lowest BCUT2D eigenvalue weighted by molar-refractivity contribution is 0.184. The summed E-state index contributed by atoms with van der Waals surface area (Å²) in [5.74, 6) is 0.895. The fraction of sp³-hybridized carbons (Fsp3) is 0.611. The van der Waals surface area contributed by atoms with Gasteiger partial charge in [0.05, 0.1) is 13.2 Å². The van der Waals surface area contributed by atoms with Crippen molar-refractivity contribution in [1.29, 1.82) is 0 Å². The molecule has 1 aromatic carbocycles. The Kier molecular flexibility index (Phi) is 14.2. The second-order valence-corrected chi connectivity index (χ2v) is 5.38. The summed E-state index contributed by atoms with van der Waals surface area (Å²) in [4.78, 5) is 4.68. The Morgan fingerprint density at radius 3 is 2.43 bits per heavy atom. The van der Waals surface area contributed by atoms with E-state index in [1.165, 1.54) is 36.8 Å². The zero-order chi connectivity index (χ0) is 16.0. The van der Waals surface area contributed by atoms with Crippen LogP contribution in [-0.2, 0) is 17.9 Å². The molecule has 0 amide bonds. The van der Waals surface area contributed by atoms with E-state index in [1.54, 1.807) is 7.11 Å². The summed E-state index contributed by atoms with van der Waals surface area (Å²) >= 11 is 0. The lowest BCUT2D eigenvalue weighted by Crippen LogP contribution is -2.37. The molecule has 0 aromatic heterocycles. The zero-order valence-corrected chi connectivity index (χ0v) is 17.1. The fourth-order valence-electron chi connectivity index (χ4n) is 2.27. The van der Waals surface area contributed by atoms with Gasteiger partial charge < -0.3 is 15.4 Å². The van der Waals surface area contributed by atoms with Crippen molar-refractivity contribution in [3.8, 4) is 0 Å². The Labute approximate surface area is 158 Å². The van der Waals surface area contributed by atoms with Crippen LogP contribution in [0, 0.1) is 0 Å². The highest BCUT2D eigenvalue weighted by atomic mass is 127. The summed E-state index contributed by atoms with van der Waals surface area (Å²) in [7, 11) is 1.72. The standard InChI is InChI=1S/C18H31N3O.HI/c1-4-6-7-10-13-20-18(19-5-2)21-14-16-11-8-9-12-17(16)15-22-3;/h8-9,11-12H,4-7,10,13-15H2,1-3H3,(H2,19,20,21);1H. The van der Waals surface area contributed by atoms with Gasteiger partial charge in [0, 0.05) is 20.2 Å². The molecule has 0 spiro atoms. The molecule has 0 atom stereocenters. The molecule has 0 bridgehead atoms. The summed E-state index contributed by atoms with van der Waals surface area (Å²) in [6, 6.07) is 8.30. The van der Waals surface area contributed by atoms with Crippen molar-refractivity contribution in [2.75, 3.05) is 20.2 Å². The normalized spacial score (nSPS) is 11.0. The molecule has 23 heavy (non-hydrogen) atoms. The highest BCUT2D eigenvalue weighted by molar-refractivity contribution is 14.0. The maximum Gasteiger partial charge on any atom is 0.191 e. The Morgan fingerprint density at radius 2 is 1.78 bits per heavy atom. The van der Waals surface area contributed by atoms with Crippen LogP contribution in [0.3, 0.4) is 0 Å². The fourth-order valence-corrected chi connectivity index (χ4v) is 2.27. The van der Waals surface area contributed by atoms with Gasteiger partial charge in [-0.05, 0) is 24.5 Å². The SMILES string of the molecule is CCCCCCNC(=NCc1ccccc1COC)NCC.I. The molecule has 0 aliphatic heterocycles. The molecule has 0 radical (unpaired) electrons. The molecule has 0 heterocycles. The van der Waals surface area contributed by atoms with Crippen molar-refractivity contribution < 1.29 is 4.74 Å². The quantitative estimate of drug-likeness (QED) is 0.253. The van der Waals surface area contributed by atoms with E-state index in [-0.39, 0.29) is 24.0 Å². The number of rotatable bonds is 10. The number of nitrogens with one attached hydrogen (secondary N) is 2. The van der Waals surface area contributed by atoms with E-state index in [2.05, 4.69) is 47.7 Å². The molecule has 4 nitrogen and oxygen atoms in total. The first-order valence-corrected chi connectivity index (χ1v) is 8.39. The molecule has 0 saturated heterocycles. The van der Waals surface area contributed by atoms with Gasteiger partial charge in [0.15, 0.2) is 5.96 Å². The molecule has 0 aliphatic carbocycles. The van der Waals surface area contributed by atoms with Gasteiger partial charge in [0.25, 0.3) is 0 Å². The first-order chi connectivity index (χ1) is 10.8. The average Bonchev–Trinajstić information content (AvgIpc) is 2.54. The molecule has 0 saturated carbocycles. The van der Waals surface area contributed by atoms with Crippen LogP contribution < -0.4 is 10.6 Å². The third-order valence-corrected chi connectivity index (χ3v) is 3.49. The number of nitrogens with zero attached hydrogens (tertiary/aromatic N) is 1. The number of benzene rings is 1. The average molecular weight is 433 g/mol. The number of guanidine groups is 1. The first-order valence-electron chi connectivity index (χ1n) is 8.39. The van der Waals surface area contributed by atoms with Gasteiger partial charge in [-0.1, -0.05) is 50.5 Å². The second kappa shape index (κ2) is 14.8. The molecular weight excluding hydrogens is 401 g/mol. The Balaban J connectivity index is 0.00000484. The molecule has 132 valence electrons. The van der Waals surface area contributed by atoms with Crippen LogP contribution in [0.2, 0.25) is 0 Å². The summed E-state index contributed by atoms with van der Waals surface area (Å²) < 4.78 is 5.25. The van der Waals surface area contributed by atoms with Gasteiger partial charge in [-0.3, -0.25) is 0 Å². The lowest BCUT2D eigenvalue weighted by atomic mass is 10.1. The summed E-state index contributed by atoms with van der Waals surface area (Å²) in [6.45, 7) is 7.48. The lowest BCUT2D eigenvalue weighted by Gasteiger charge is -2.12. The molecule has 0 unspecified atom stereocenters. The Bertz CT molecular complexity index is 438. The van der Waals surface area contributed by atoms with Crippen LogP contribution in [0.5, 0.6) is 0 Å². The van der Waals surface area contributed by atoms with Crippen molar-refractivity contribution in [3.05, 3.63) is 35.4 Å². The highest BCUT2D eigenvalue weighted by Crippen LogP contribution is 2.11. The number of aliphatic imine (C=N–C) groups is 1. The number of unbranched alkanes of at least 4 members (excludes halogenated alkanes) is 3. The van der Waals surface area contributed by atoms with Crippen molar-refractivity contribution in [2.45, 2.75) is 52.7 Å². The van der Waals surface area contributed by atoms with Gasteiger partial charge in [0.1, 0.15) is 0 Å². The van der Waals surface area contributed by atoms with Crippen molar-refractivity contribution in [2.24, 2.45) is 4.99 Å². The van der Waals surface area contributed by atoms with Crippen molar-refractivity contribution in [3.63, 3.8) is 0 Å². The minimum atomic E-state index is 0. The topological polar surface area (TPSA) is 45.7 Å². The van der Waals surface area contributed by atoms with Crippen LogP contribution >= 0.6 is 24.0 Å². The summed E-state index contributed by atoms with van der Waals surface area (Å²) in [6.07, 6.45) is 5.04. The number of hydrogen-bond acceptors (Lipinski definition) is 2. The van der Waals surface area contributed by atoms with E-state index >= 15 is 0 Å². The predicted octanol–water partition coefficient (Wildman–Crippen LogP) is 4.09. The molecule has 2 N–H and O–H groups in total. The van der Waals surface area contributed by atoms with E-state index in [4.69, 9.17) is 4.74 Å². The predicted molar refractivity (Wildman–Crippen MR) is 110 cm³/mol. The molecule has 5 heteroatoms. The van der Waals surface area contributed by atoms with Crippen LogP contribution in [0.15, 0.2) is 29.3 Å². The van der Waals surface area contributed by atoms with Gasteiger partial charge in [0.2, 0.25) is 0 Å². The molecule has 0 fully saturated rings. The smallest absolute Gasteiger partial charge is 0.191 e. The number of methoxy groups -OCH3 is 1. The zero-order valence-electron chi connectivity index (χ0n) is 14.7. The van der Waals surface area contributed by atoms with Crippen molar-refractivity contribution >= 4 is 29.9 Å². The van der Waals surface area contributed by atoms with Crippen LogP contribution in [0.1, 0.15) is 50.7 Å². The Morgan fingerprint density at radius 1 is 1.04 bits per heavy atom. The Hall–Kier alpha value is -0.820. The van der Waals surface area contributed by atoms with Gasteiger partial charge in [-0.2, -0.15) is 0 Å². The van der Waals surface area contributed by atoms with Crippen molar-refractivity contribution in [1.82, 2.24) is 10.6 Å². The van der Waals surface area contributed by atoms with Gasteiger partial charge in [-0.25, -0.2) is 4.99 Å². The third kappa shape index (κ3) is 9.81. The number of halogens is 1. The van der Waals surface area contributed by atoms with Gasteiger partial charge in [-0.15, -0.1) is 24.0 Å². The maximum atomic E-state index is 5.25. The minimum absolute atomic E-state index is 0. The van der Waals surface area contributed by atoms with Crippen LogP contribution in [0.4, 0.5) is 0 Å². The van der Waals surface area contributed by atoms with Gasteiger partial charge >= 0.3 is 0 Å². The highest BCUT2D eigenvalue weighted by Gasteiger charge is 2.02. The van der Waals surface area contributed by atoms with E-state index in [0.29, 0.717) is 13.2 Å².